The first kappa shape index (κ1) is 10.4. The van der Waals surface area contributed by atoms with E-state index in [-0.39, 0.29) is 6.54 Å². The molecule has 0 heterocycles. The number of phenolic OH excluding ortho intramolecular Hbond substituents is 1. The summed E-state index contributed by atoms with van der Waals surface area (Å²) in [4.78, 5) is 0. The van der Waals surface area contributed by atoms with Gasteiger partial charge in [0, 0.05) is 22.6 Å². The number of hydrogen-bond donors (Lipinski definition) is 3. The number of rotatable bonds is 2. The van der Waals surface area contributed by atoms with E-state index >= 15 is 0 Å². The molecule has 0 fully saturated rings. The Hall–Kier alpha value is -0.650. The molecule has 1 aromatic carbocycles. The van der Waals surface area contributed by atoms with E-state index in [1.54, 1.807) is 6.07 Å². The molecule has 0 radical (unpaired) electrons. The van der Waals surface area contributed by atoms with Crippen molar-refractivity contribution in [3.63, 3.8) is 0 Å². The van der Waals surface area contributed by atoms with E-state index in [1.807, 2.05) is 0 Å². The van der Waals surface area contributed by atoms with Crippen LogP contribution in [-0.4, -0.2) is 11.7 Å². The lowest BCUT2D eigenvalue weighted by Gasteiger charge is -2.11. The van der Waals surface area contributed by atoms with Gasteiger partial charge < -0.3 is 16.6 Å². The molecular weight excluding hydrogens is 239 g/mol. The summed E-state index contributed by atoms with van der Waals surface area (Å²) < 4.78 is 13.5. The highest BCUT2D eigenvalue weighted by Gasteiger charge is 2.13. The fourth-order valence-corrected chi connectivity index (χ4v) is 1.44. The quantitative estimate of drug-likeness (QED) is 0.738. The van der Waals surface area contributed by atoms with Gasteiger partial charge in [0.1, 0.15) is 0 Å². The maximum Gasteiger partial charge on any atom is 0.166 e. The number of halogens is 2. The van der Waals surface area contributed by atoms with Gasteiger partial charge in [0.25, 0.3) is 0 Å². The summed E-state index contributed by atoms with van der Waals surface area (Å²) in [6.07, 6.45) is 0. The normalized spacial score (nSPS) is 12.9. The van der Waals surface area contributed by atoms with Gasteiger partial charge in [-0.3, -0.25) is 0 Å². The van der Waals surface area contributed by atoms with Crippen molar-refractivity contribution in [2.24, 2.45) is 11.5 Å². The van der Waals surface area contributed by atoms with Crippen molar-refractivity contribution in [1.82, 2.24) is 0 Å². The second-order valence-electron chi connectivity index (χ2n) is 2.67. The van der Waals surface area contributed by atoms with Crippen LogP contribution in [0.4, 0.5) is 4.39 Å². The Morgan fingerprint density at radius 2 is 2.15 bits per heavy atom. The average Bonchev–Trinajstić information content (AvgIpc) is 2.10. The SMILES string of the molecule is NC[C@H](N)c1cc(Br)cc(F)c1O. The smallest absolute Gasteiger partial charge is 0.166 e. The van der Waals surface area contributed by atoms with E-state index in [1.165, 1.54) is 6.07 Å². The molecule has 0 aliphatic carbocycles. The first-order valence-electron chi connectivity index (χ1n) is 3.69. The highest BCUT2D eigenvalue weighted by atomic mass is 79.9. The molecule has 1 aromatic rings. The minimum atomic E-state index is -0.701. The van der Waals surface area contributed by atoms with Crippen LogP contribution in [0.3, 0.4) is 0 Å². The monoisotopic (exact) mass is 248 g/mol. The standard InChI is InChI=1S/C8H10BrFN2O/c9-4-1-5(7(12)3-11)8(13)6(10)2-4/h1-2,7,13H,3,11-12H2/t7-/m0/s1. The van der Waals surface area contributed by atoms with Crippen LogP contribution in [0, 0.1) is 5.82 Å². The highest BCUT2D eigenvalue weighted by molar-refractivity contribution is 9.10. The molecule has 0 saturated carbocycles. The fourth-order valence-electron chi connectivity index (χ4n) is 0.996. The number of aromatic hydroxyl groups is 1. The molecule has 1 rings (SSSR count). The summed E-state index contributed by atoms with van der Waals surface area (Å²) >= 11 is 3.10. The Morgan fingerprint density at radius 3 is 2.69 bits per heavy atom. The molecule has 72 valence electrons. The summed E-state index contributed by atoms with van der Waals surface area (Å²) in [5.41, 5.74) is 11.2. The van der Waals surface area contributed by atoms with Gasteiger partial charge in [-0.15, -0.1) is 0 Å². The van der Waals surface area contributed by atoms with Gasteiger partial charge in [-0.25, -0.2) is 4.39 Å². The van der Waals surface area contributed by atoms with Crippen LogP contribution in [0.15, 0.2) is 16.6 Å². The molecule has 5 heteroatoms. The highest BCUT2D eigenvalue weighted by Crippen LogP contribution is 2.29. The molecule has 3 nitrogen and oxygen atoms in total. The van der Waals surface area contributed by atoms with Crippen LogP contribution in [0.2, 0.25) is 0 Å². The Morgan fingerprint density at radius 1 is 1.54 bits per heavy atom. The van der Waals surface area contributed by atoms with Gasteiger partial charge in [-0.05, 0) is 12.1 Å². The predicted molar refractivity (Wildman–Crippen MR) is 51.7 cm³/mol. The Kier molecular flexibility index (Phi) is 3.24. The third kappa shape index (κ3) is 2.18. The third-order valence-electron chi connectivity index (χ3n) is 1.71. The summed E-state index contributed by atoms with van der Waals surface area (Å²) in [5, 5.41) is 9.29. The van der Waals surface area contributed by atoms with E-state index in [4.69, 9.17) is 11.5 Å². The van der Waals surface area contributed by atoms with Gasteiger partial charge in [-0.1, -0.05) is 15.9 Å². The van der Waals surface area contributed by atoms with Crippen LogP contribution in [0.25, 0.3) is 0 Å². The average molecular weight is 249 g/mol. The molecule has 0 unspecified atom stereocenters. The summed E-state index contributed by atoms with van der Waals surface area (Å²) in [7, 11) is 0. The lowest BCUT2D eigenvalue weighted by Crippen LogP contribution is -2.21. The topological polar surface area (TPSA) is 72.3 Å². The number of phenols is 1. The van der Waals surface area contributed by atoms with E-state index in [2.05, 4.69) is 15.9 Å². The van der Waals surface area contributed by atoms with E-state index in [9.17, 15) is 9.50 Å². The molecule has 13 heavy (non-hydrogen) atoms. The maximum absolute atomic E-state index is 13.0. The first-order chi connectivity index (χ1) is 6.06. The van der Waals surface area contributed by atoms with Crippen molar-refractivity contribution in [3.8, 4) is 5.75 Å². The molecule has 0 bridgehead atoms. The molecule has 0 aromatic heterocycles. The lowest BCUT2D eigenvalue weighted by molar-refractivity contribution is 0.420. The van der Waals surface area contributed by atoms with Crippen LogP contribution in [0.5, 0.6) is 5.75 Å². The predicted octanol–water partition coefficient (Wildman–Crippen LogP) is 1.25. The molecule has 0 aliphatic heterocycles. The molecule has 5 N–H and O–H groups in total. The second kappa shape index (κ2) is 4.04. The van der Waals surface area contributed by atoms with Gasteiger partial charge in [0.15, 0.2) is 11.6 Å². The minimum absolute atomic E-state index is 0.156. The van der Waals surface area contributed by atoms with E-state index in [0.717, 1.165) is 0 Å². The fraction of sp³-hybridized carbons (Fsp3) is 0.250. The van der Waals surface area contributed by atoms with Gasteiger partial charge >= 0.3 is 0 Å². The van der Waals surface area contributed by atoms with Crippen LogP contribution in [0.1, 0.15) is 11.6 Å². The van der Waals surface area contributed by atoms with Gasteiger partial charge in [-0.2, -0.15) is 0 Å². The Bertz CT molecular complexity index is 319. The lowest BCUT2D eigenvalue weighted by atomic mass is 10.1. The van der Waals surface area contributed by atoms with Crippen molar-refractivity contribution in [2.45, 2.75) is 6.04 Å². The van der Waals surface area contributed by atoms with Crippen molar-refractivity contribution in [2.75, 3.05) is 6.54 Å². The molecule has 0 saturated heterocycles. The zero-order valence-corrected chi connectivity index (χ0v) is 8.38. The van der Waals surface area contributed by atoms with Crippen molar-refractivity contribution < 1.29 is 9.50 Å². The largest absolute Gasteiger partial charge is 0.505 e. The maximum atomic E-state index is 13.0. The second-order valence-corrected chi connectivity index (χ2v) is 3.58. The molecular formula is C8H10BrFN2O. The Labute approximate surface area is 83.7 Å². The first-order valence-corrected chi connectivity index (χ1v) is 4.49. The Balaban J connectivity index is 3.20. The van der Waals surface area contributed by atoms with Crippen LogP contribution in [-0.2, 0) is 0 Å². The zero-order chi connectivity index (χ0) is 10.0. The molecule has 0 spiro atoms. The summed E-state index contributed by atoms with van der Waals surface area (Å²) in [5.74, 6) is -1.13. The number of nitrogens with two attached hydrogens (primary N) is 2. The number of benzene rings is 1. The van der Waals surface area contributed by atoms with Crippen LogP contribution < -0.4 is 11.5 Å². The van der Waals surface area contributed by atoms with Crippen molar-refractivity contribution in [1.29, 1.82) is 0 Å². The minimum Gasteiger partial charge on any atom is -0.505 e. The third-order valence-corrected chi connectivity index (χ3v) is 2.17. The zero-order valence-electron chi connectivity index (χ0n) is 6.80. The van der Waals surface area contributed by atoms with Gasteiger partial charge in [0.05, 0.1) is 0 Å². The van der Waals surface area contributed by atoms with E-state index in [0.29, 0.717) is 10.0 Å². The molecule has 1 atom stereocenters. The van der Waals surface area contributed by atoms with E-state index < -0.39 is 17.6 Å². The van der Waals surface area contributed by atoms with Gasteiger partial charge in [0.2, 0.25) is 0 Å². The van der Waals surface area contributed by atoms with Crippen molar-refractivity contribution in [3.05, 3.63) is 28.0 Å². The number of hydrogen-bond acceptors (Lipinski definition) is 3. The molecule has 0 amide bonds. The van der Waals surface area contributed by atoms with Crippen molar-refractivity contribution >= 4 is 15.9 Å². The van der Waals surface area contributed by atoms with Crippen LogP contribution >= 0.6 is 15.9 Å². The summed E-state index contributed by atoms with van der Waals surface area (Å²) in [6, 6.07) is 2.17. The summed E-state index contributed by atoms with van der Waals surface area (Å²) in [6.45, 7) is 0.156. The molecule has 0 aliphatic rings.